The van der Waals surface area contributed by atoms with E-state index in [0.717, 1.165) is 11.4 Å². The van der Waals surface area contributed by atoms with Gasteiger partial charge in [0.15, 0.2) is 11.5 Å². The van der Waals surface area contributed by atoms with Crippen LogP contribution in [0.1, 0.15) is 29.8 Å². The van der Waals surface area contributed by atoms with Crippen molar-refractivity contribution in [2.45, 2.75) is 26.5 Å². The van der Waals surface area contributed by atoms with E-state index in [1.165, 1.54) is 0 Å². The first-order chi connectivity index (χ1) is 13.1. The number of methoxy groups -OCH3 is 1. The summed E-state index contributed by atoms with van der Waals surface area (Å²) in [7, 11) is 1.55. The van der Waals surface area contributed by atoms with E-state index in [9.17, 15) is 4.79 Å². The van der Waals surface area contributed by atoms with E-state index in [1.54, 1.807) is 44.0 Å². The van der Waals surface area contributed by atoms with E-state index in [2.05, 4.69) is 15.3 Å². The van der Waals surface area contributed by atoms with E-state index in [1.807, 2.05) is 36.7 Å². The highest BCUT2D eigenvalue weighted by atomic mass is 16.5. The molecular formula is C20H22N4O3. The molecule has 0 spiro atoms. The van der Waals surface area contributed by atoms with Gasteiger partial charge in [-0.05, 0) is 43.7 Å². The molecule has 0 aliphatic rings. The molecule has 2 aromatic heterocycles. The van der Waals surface area contributed by atoms with Gasteiger partial charge in [0.05, 0.1) is 13.2 Å². The molecule has 3 rings (SSSR count). The molecule has 0 fully saturated rings. The number of nitrogens with one attached hydrogen (secondary N) is 1. The molecule has 140 valence electrons. The summed E-state index contributed by atoms with van der Waals surface area (Å²) in [5.41, 5.74) is 1.41. The minimum absolute atomic E-state index is 0.0244. The zero-order valence-corrected chi connectivity index (χ0v) is 15.5. The van der Waals surface area contributed by atoms with Gasteiger partial charge in [0.1, 0.15) is 12.1 Å². The van der Waals surface area contributed by atoms with Gasteiger partial charge >= 0.3 is 0 Å². The number of benzene rings is 1. The highest BCUT2D eigenvalue weighted by Crippen LogP contribution is 2.29. The van der Waals surface area contributed by atoms with Gasteiger partial charge in [-0.25, -0.2) is 9.97 Å². The lowest BCUT2D eigenvalue weighted by molar-refractivity contribution is 0.0950. The van der Waals surface area contributed by atoms with Crippen molar-refractivity contribution in [3.05, 3.63) is 66.4 Å². The maximum atomic E-state index is 12.4. The number of hydrogen-bond donors (Lipinski definition) is 1. The summed E-state index contributed by atoms with van der Waals surface area (Å²) in [4.78, 5) is 20.8. The first-order valence-electron chi connectivity index (χ1n) is 8.63. The molecule has 0 aliphatic carbocycles. The maximum absolute atomic E-state index is 12.4. The van der Waals surface area contributed by atoms with Crippen molar-refractivity contribution in [1.82, 2.24) is 19.9 Å². The third-order valence-electron chi connectivity index (χ3n) is 3.82. The van der Waals surface area contributed by atoms with Gasteiger partial charge in [-0.3, -0.25) is 9.36 Å². The summed E-state index contributed by atoms with van der Waals surface area (Å²) in [6.45, 7) is 4.25. The average Bonchev–Trinajstić information content (AvgIpc) is 3.21. The Balaban J connectivity index is 1.63. The number of amides is 1. The molecule has 27 heavy (non-hydrogen) atoms. The van der Waals surface area contributed by atoms with Crippen LogP contribution in [0.5, 0.6) is 11.5 Å². The molecule has 0 aliphatic heterocycles. The average molecular weight is 366 g/mol. The summed E-state index contributed by atoms with van der Waals surface area (Å²) in [6, 6.07) is 8.94. The second-order valence-corrected chi connectivity index (χ2v) is 6.21. The van der Waals surface area contributed by atoms with Crippen LogP contribution < -0.4 is 14.8 Å². The smallest absolute Gasteiger partial charge is 0.251 e. The van der Waals surface area contributed by atoms with Crippen LogP contribution in [0.25, 0.3) is 5.82 Å². The van der Waals surface area contributed by atoms with Gasteiger partial charge in [-0.15, -0.1) is 0 Å². The van der Waals surface area contributed by atoms with E-state index >= 15 is 0 Å². The third-order valence-corrected chi connectivity index (χ3v) is 3.82. The molecule has 1 aromatic carbocycles. The normalized spacial score (nSPS) is 10.7. The van der Waals surface area contributed by atoms with Crippen LogP contribution in [0.2, 0.25) is 0 Å². The van der Waals surface area contributed by atoms with E-state index in [4.69, 9.17) is 9.47 Å². The number of aromatic nitrogens is 3. The van der Waals surface area contributed by atoms with E-state index in [0.29, 0.717) is 23.6 Å². The number of pyridine rings is 1. The van der Waals surface area contributed by atoms with Crippen LogP contribution in [0, 0.1) is 0 Å². The summed E-state index contributed by atoms with van der Waals surface area (Å²) >= 11 is 0. The SMILES string of the molecule is COc1cc(C(=O)NCc2ccc(-n3ccnc3)nc2)ccc1OC(C)C. The lowest BCUT2D eigenvalue weighted by Crippen LogP contribution is -2.23. The van der Waals surface area contributed by atoms with Gasteiger partial charge in [0, 0.05) is 30.7 Å². The Morgan fingerprint density at radius 1 is 1.22 bits per heavy atom. The fourth-order valence-electron chi connectivity index (χ4n) is 2.51. The highest BCUT2D eigenvalue weighted by Gasteiger charge is 2.12. The molecule has 0 unspecified atom stereocenters. The zero-order chi connectivity index (χ0) is 19.2. The van der Waals surface area contributed by atoms with Crippen molar-refractivity contribution in [3.8, 4) is 17.3 Å². The number of rotatable bonds is 7. The Hall–Kier alpha value is -3.35. The summed E-state index contributed by atoms with van der Waals surface area (Å²) in [5, 5.41) is 2.89. The monoisotopic (exact) mass is 366 g/mol. The molecule has 1 amide bonds. The minimum atomic E-state index is -0.192. The Morgan fingerprint density at radius 3 is 2.70 bits per heavy atom. The van der Waals surface area contributed by atoms with Crippen LogP contribution in [-0.4, -0.2) is 33.7 Å². The van der Waals surface area contributed by atoms with Crippen LogP contribution >= 0.6 is 0 Å². The van der Waals surface area contributed by atoms with Crippen molar-refractivity contribution in [2.24, 2.45) is 0 Å². The fraction of sp³-hybridized carbons (Fsp3) is 0.250. The second kappa shape index (κ2) is 8.35. The quantitative estimate of drug-likeness (QED) is 0.695. The van der Waals surface area contributed by atoms with Crippen molar-refractivity contribution < 1.29 is 14.3 Å². The summed E-state index contributed by atoms with van der Waals surface area (Å²) in [5.74, 6) is 1.72. The lowest BCUT2D eigenvalue weighted by Gasteiger charge is -2.14. The molecule has 0 saturated carbocycles. The predicted molar refractivity (Wildman–Crippen MR) is 101 cm³/mol. The predicted octanol–water partition coefficient (Wildman–Crippen LogP) is 2.99. The Morgan fingerprint density at radius 2 is 2.07 bits per heavy atom. The van der Waals surface area contributed by atoms with Crippen molar-refractivity contribution in [2.75, 3.05) is 7.11 Å². The summed E-state index contributed by atoms with van der Waals surface area (Å²) in [6.07, 6.45) is 6.96. The third kappa shape index (κ3) is 4.63. The number of carbonyl (C=O) groups is 1. The minimum Gasteiger partial charge on any atom is -0.493 e. The van der Waals surface area contributed by atoms with E-state index in [-0.39, 0.29) is 12.0 Å². The number of imidazole rings is 1. The molecule has 0 saturated heterocycles. The largest absolute Gasteiger partial charge is 0.493 e. The van der Waals surface area contributed by atoms with E-state index < -0.39 is 0 Å². The van der Waals surface area contributed by atoms with Crippen LogP contribution in [0.15, 0.2) is 55.2 Å². The standard InChI is InChI=1S/C20H22N4O3/c1-14(2)27-17-6-5-16(10-18(17)26-3)20(25)23-12-15-4-7-19(22-11-15)24-9-8-21-13-24/h4-11,13-14H,12H2,1-3H3,(H,23,25). The lowest BCUT2D eigenvalue weighted by atomic mass is 10.1. The molecule has 0 radical (unpaired) electrons. The number of carbonyl (C=O) groups excluding carboxylic acids is 1. The molecule has 2 heterocycles. The van der Waals surface area contributed by atoms with Gasteiger partial charge < -0.3 is 14.8 Å². The van der Waals surface area contributed by atoms with Gasteiger partial charge in [-0.2, -0.15) is 0 Å². The van der Waals surface area contributed by atoms with Gasteiger partial charge in [0.25, 0.3) is 5.91 Å². The second-order valence-electron chi connectivity index (χ2n) is 6.21. The Kier molecular flexibility index (Phi) is 5.71. The molecule has 1 N–H and O–H groups in total. The number of hydrogen-bond acceptors (Lipinski definition) is 5. The first-order valence-corrected chi connectivity index (χ1v) is 8.63. The molecular weight excluding hydrogens is 344 g/mol. The molecule has 3 aromatic rings. The maximum Gasteiger partial charge on any atom is 0.251 e. The molecule has 0 atom stereocenters. The molecule has 7 nitrogen and oxygen atoms in total. The highest BCUT2D eigenvalue weighted by molar-refractivity contribution is 5.94. The molecule has 7 heteroatoms. The van der Waals surface area contributed by atoms with Crippen LogP contribution in [0.3, 0.4) is 0 Å². The summed E-state index contributed by atoms with van der Waals surface area (Å²) < 4.78 is 12.8. The Bertz CT molecular complexity index is 890. The first kappa shape index (κ1) is 18.4. The number of ether oxygens (including phenoxy) is 2. The van der Waals surface area contributed by atoms with Gasteiger partial charge in [-0.1, -0.05) is 6.07 Å². The van der Waals surface area contributed by atoms with Crippen molar-refractivity contribution >= 4 is 5.91 Å². The van der Waals surface area contributed by atoms with Crippen molar-refractivity contribution in [1.29, 1.82) is 0 Å². The fourth-order valence-corrected chi connectivity index (χ4v) is 2.51. The van der Waals surface area contributed by atoms with Crippen molar-refractivity contribution in [3.63, 3.8) is 0 Å². The van der Waals surface area contributed by atoms with Crippen LogP contribution in [-0.2, 0) is 6.54 Å². The van der Waals surface area contributed by atoms with Gasteiger partial charge in [0.2, 0.25) is 0 Å². The number of nitrogens with zero attached hydrogens (tertiary/aromatic N) is 3. The molecule has 0 bridgehead atoms. The topological polar surface area (TPSA) is 78.3 Å². The zero-order valence-electron chi connectivity index (χ0n) is 15.5. The Labute approximate surface area is 158 Å². The van der Waals surface area contributed by atoms with Crippen LogP contribution in [0.4, 0.5) is 0 Å².